The summed E-state index contributed by atoms with van der Waals surface area (Å²) >= 11 is 5.84. The second-order valence-electron chi connectivity index (χ2n) is 4.31. The van der Waals surface area contributed by atoms with E-state index in [2.05, 4.69) is 5.32 Å². The highest BCUT2D eigenvalue weighted by atomic mass is 35.5. The van der Waals surface area contributed by atoms with Crippen LogP contribution >= 0.6 is 11.6 Å². The monoisotopic (exact) mass is 307 g/mol. The first kappa shape index (κ1) is 15.2. The fourth-order valence-corrected chi connectivity index (χ4v) is 1.91. The molecule has 2 aromatic carbocycles. The van der Waals surface area contributed by atoms with Crippen molar-refractivity contribution in [2.75, 3.05) is 0 Å². The Balaban J connectivity index is 1.95. The van der Waals surface area contributed by atoms with Crippen molar-refractivity contribution in [3.8, 4) is 0 Å². The van der Waals surface area contributed by atoms with E-state index in [0.717, 1.165) is 5.56 Å². The van der Waals surface area contributed by atoms with Gasteiger partial charge in [0.05, 0.1) is 5.02 Å². The van der Waals surface area contributed by atoms with E-state index in [4.69, 9.17) is 11.6 Å². The van der Waals surface area contributed by atoms with Gasteiger partial charge in [-0.3, -0.25) is 4.79 Å². The normalized spacial score (nSPS) is 10.8. The molecule has 21 heavy (non-hydrogen) atoms. The van der Waals surface area contributed by atoms with Crippen LogP contribution in [0.4, 0.5) is 8.78 Å². The Morgan fingerprint density at radius 1 is 1.14 bits per heavy atom. The minimum Gasteiger partial charge on any atom is -0.348 e. The quantitative estimate of drug-likeness (QED) is 0.852. The van der Waals surface area contributed by atoms with Gasteiger partial charge in [0.2, 0.25) is 5.91 Å². The number of rotatable bonds is 4. The Morgan fingerprint density at radius 3 is 2.52 bits per heavy atom. The molecule has 2 aromatic rings. The third-order valence-corrected chi connectivity index (χ3v) is 3.11. The maximum atomic E-state index is 13.5. The summed E-state index contributed by atoms with van der Waals surface area (Å²) in [6.07, 6.45) is 2.52. The van der Waals surface area contributed by atoms with Crippen molar-refractivity contribution in [3.05, 3.63) is 76.3 Å². The summed E-state index contributed by atoms with van der Waals surface area (Å²) in [5, 5.41) is 2.85. The molecule has 1 amide bonds. The van der Waals surface area contributed by atoms with Crippen LogP contribution in [0.25, 0.3) is 6.08 Å². The maximum Gasteiger partial charge on any atom is 0.244 e. The molecule has 0 saturated carbocycles. The van der Waals surface area contributed by atoms with Gasteiger partial charge in [-0.15, -0.1) is 0 Å². The highest BCUT2D eigenvalue weighted by Crippen LogP contribution is 2.20. The number of halogens is 3. The van der Waals surface area contributed by atoms with E-state index >= 15 is 0 Å². The molecule has 1 N–H and O–H groups in total. The lowest BCUT2D eigenvalue weighted by molar-refractivity contribution is -0.116. The highest BCUT2D eigenvalue weighted by Gasteiger charge is 2.04. The number of hydrogen-bond donors (Lipinski definition) is 1. The molecule has 108 valence electrons. The van der Waals surface area contributed by atoms with Gasteiger partial charge in [0, 0.05) is 18.2 Å². The van der Waals surface area contributed by atoms with Crippen LogP contribution in [-0.2, 0) is 11.3 Å². The average Bonchev–Trinajstić information content (AvgIpc) is 2.46. The van der Waals surface area contributed by atoms with Gasteiger partial charge in [-0.05, 0) is 35.9 Å². The predicted octanol–water partition coefficient (Wildman–Crippen LogP) is 3.95. The molecule has 2 rings (SSSR count). The van der Waals surface area contributed by atoms with Gasteiger partial charge in [0.1, 0.15) is 11.6 Å². The lowest BCUT2D eigenvalue weighted by atomic mass is 10.2. The van der Waals surface area contributed by atoms with Crippen LogP contribution in [0.3, 0.4) is 0 Å². The molecule has 0 aliphatic carbocycles. The maximum absolute atomic E-state index is 13.5. The van der Waals surface area contributed by atoms with Crippen LogP contribution in [0, 0.1) is 11.6 Å². The first-order valence-corrected chi connectivity index (χ1v) is 6.58. The molecule has 0 heterocycles. The molecule has 5 heteroatoms. The van der Waals surface area contributed by atoms with Gasteiger partial charge < -0.3 is 5.32 Å². The molecule has 0 aliphatic rings. The SMILES string of the molecule is O=C(C=Cc1c(F)cccc1Cl)NCc1ccc(F)cc1. The first-order valence-electron chi connectivity index (χ1n) is 6.20. The zero-order chi connectivity index (χ0) is 15.2. The third-order valence-electron chi connectivity index (χ3n) is 2.78. The van der Waals surface area contributed by atoms with Crippen LogP contribution in [0.2, 0.25) is 5.02 Å². The van der Waals surface area contributed by atoms with Crippen molar-refractivity contribution < 1.29 is 13.6 Å². The third kappa shape index (κ3) is 4.39. The number of nitrogens with one attached hydrogen (secondary N) is 1. The lowest BCUT2D eigenvalue weighted by Gasteiger charge is -2.03. The van der Waals surface area contributed by atoms with Crippen molar-refractivity contribution in [1.29, 1.82) is 0 Å². The zero-order valence-corrected chi connectivity index (χ0v) is 11.7. The van der Waals surface area contributed by atoms with Crippen LogP contribution in [0.1, 0.15) is 11.1 Å². The van der Waals surface area contributed by atoms with Crippen molar-refractivity contribution in [1.82, 2.24) is 5.32 Å². The molecular weight excluding hydrogens is 296 g/mol. The minimum atomic E-state index is -0.495. The summed E-state index contributed by atoms with van der Waals surface area (Å²) in [5.41, 5.74) is 0.929. The summed E-state index contributed by atoms with van der Waals surface area (Å²) in [6, 6.07) is 10.1. The summed E-state index contributed by atoms with van der Waals surface area (Å²) in [7, 11) is 0. The van der Waals surface area contributed by atoms with Crippen LogP contribution in [0.15, 0.2) is 48.5 Å². The van der Waals surface area contributed by atoms with Gasteiger partial charge in [-0.1, -0.05) is 29.8 Å². The molecule has 2 nitrogen and oxygen atoms in total. The predicted molar refractivity (Wildman–Crippen MR) is 78.7 cm³/mol. The van der Waals surface area contributed by atoms with Gasteiger partial charge in [0.15, 0.2) is 0 Å². The number of carbonyl (C=O) groups excluding carboxylic acids is 1. The molecule has 0 aromatic heterocycles. The van der Waals surface area contributed by atoms with E-state index in [1.165, 1.54) is 36.4 Å². The molecule has 0 fully saturated rings. The molecule has 0 saturated heterocycles. The molecule has 0 unspecified atom stereocenters. The number of benzene rings is 2. The van der Waals surface area contributed by atoms with Crippen molar-refractivity contribution in [2.24, 2.45) is 0 Å². The van der Waals surface area contributed by atoms with E-state index in [0.29, 0.717) is 0 Å². The highest BCUT2D eigenvalue weighted by molar-refractivity contribution is 6.32. The molecule has 0 atom stereocenters. The van der Waals surface area contributed by atoms with E-state index in [1.807, 2.05) is 0 Å². The Hall–Kier alpha value is -2.20. The molecule has 0 radical (unpaired) electrons. The Bertz CT molecular complexity index is 648. The Morgan fingerprint density at radius 2 is 1.86 bits per heavy atom. The van der Waals surface area contributed by atoms with Crippen LogP contribution in [-0.4, -0.2) is 5.91 Å². The van der Waals surface area contributed by atoms with Crippen molar-refractivity contribution >= 4 is 23.6 Å². The number of carbonyl (C=O) groups is 1. The minimum absolute atomic E-state index is 0.163. The number of hydrogen-bond acceptors (Lipinski definition) is 1. The fraction of sp³-hybridized carbons (Fsp3) is 0.0625. The lowest BCUT2D eigenvalue weighted by Crippen LogP contribution is -2.20. The Kier molecular flexibility index (Phi) is 5.06. The second kappa shape index (κ2) is 6.99. The molecule has 0 aliphatic heterocycles. The van der Waals surface area contributed by atoms with E-state index < -0.39 is 11.7 Å². The van der Waals surface area contributed by atoms with Crippen LogP contribution in [0.5, 0.6) is 0 Å². The summed E-state index contributed by atoms with van der Waals surface area (Å²) in [4.78, 5) is 11.6. The van der Waals surface area contributed by atoms with Crippen molar-refractivity contribution in [2.45, 2.75) is 6.54 Å². The van der Waals surface area contributed by atoms with Gasteiger partial charge >= 0.3 is 0 Å². The van der Waals surface area contributed by atoms with E-state index in [1.54, 1.807) is 18.2 Å². The average molecular weight is 308 g/mol. The second-order valence-corrected chi connectivity index (χ2v) is 4.72. The molecular formula is C16H12ClF2NO. The first-order chi connectivity index (χ1) is 10.1. The van der Waals surface area contributed by atoms with E-state index in [9.17, 15) is 13.6 Å². The zero-order valence-electron chi connectivity index (χ0n) is 10.9. The van der Waals surface area contributed by atoms with E-state index in [-0.39, 0.29) is 22.9 Å². The van der Waals surface area contributed by atoms with Gasteiger partial charge in [-0.25, -0.2) is 8.78 Å². The van der Waals surface area contributed by atoms with Gasteiger partial charge in [0.25, 0.3) is 0 Å². The number of amides is 1. The smallest absolute Gasteiger partial charge is 0.244 e. The largest absolute Gasteiger partial charge is 0.348 e. The van der Waals surface area contributed by atoms with Crippen molar-refractivity contribution in [3.63, 3.8) is 0 Å². The molecule has 0 spiro atoms. The fourth-order valence-electron chi connectivity index (χ4n) is 1.68. The standard InChI is InChI=1S/C16H12ClF2NO/c17-14-2-1-3-15(19)13(14)8-9-16(21)20-10-11-4-6-12(18)7-5-11/h1-9H,10H2,(H,20,21). The topological polar surface area (TPSA) is 29.1 Å². The van der Waals surface area contributed by atoms with Crippen LogP contribution < -0.4 is 5.32 Å². The van der Waals surface area contributed by atoms with Gasteiger partial charge in [-0.2, -0.15) is 0 Å². The molecule has 0 bridgehead atoms. The summed E-state index contributed by atoms with van der Waals surface area (Å²) in [6.45, 7) is 0.258. The Labute approximate surface area is 126 Å². The summed E-state index contributed by atoms with van der Waals surface area (Å²) < 4.78 is 26.2. The summed E-state index contributed by atoms with van der Waals surface area (Å²) in [5.74, 6) is -1.22.